The number of halogens is 3. The van der Waals surface area contributed by atoms with Crippen LogP contribution in [0.25, 0.3) is 0 Å². The second-order valence-electron chi connectivity index (χ2n) is 4.94. The van der Waals surface area contributed by atoms with E-state index >= 15 is 0 Å². The van der Waals surface area contributed by atoms with Gasteiger partial charge in [0.1, 0.15) is 0 Å². The first-order valence-corrected chi connectivity index (χ1v) is 7.63. The van der Waals surface area contributed by atoms with Crippen LogP contribution in [0.2, 0.25) is 15.1 Å². The van der Waals surface area contributed by atoms with Gasteiger partial charge in [-0.1, -0.05) is 34.8 Å². The van der Waals surface area contributed by atoms with Crippen LogP contribution in [-0.2, 0) is 9.53 Å². The van der Waals surface area contributed by atoms with E-state index in [4.69, 9.17) is 39.5 Å². The number of hydrogen-bond donors (Lipinski definition) is 1. The topological polar surface area (TPSA) is 38.3 Å². The van der Waals surface area contributed by atoms with E-state index in [1.54, 1.807) is 19.2 Å². The Morgan fingerprint density at radius 3 is 2.20 bits per heavy atom. The third-order valence-corrected chi connectivity index (χ3v) is 4.45. The summed E-state index contributed by atoms with van der Waals surface area (Å²) >= 11 is 18.0. The molecule has 0 aromatic heterocycles. The summed E-state index contributed by atoms with van der Waals surface area (Å²) in [5.74, 6) is -0.0742. The number of carbonyl (C=O) groups is 1. The van der Waals surface area contributed by atoms with E-state index in [1.807, 2.05) is 0 Å². The first kappa shape index (κ1) is 15.9. The number of ether oxygens (including phenoxy) is 1. The Kier molecular flexibility index (Phi) is 5.56. The molecule has 1 amide bonds. The minimum absolute atomic E-state index is 0.0239. The van der Waals surface area contributed by atoms with E-state index in [0.717, 1.165) is 25.7 Å². The number of methoxy groups -OCH3 is 1. The van der Waals surface area contributed by atoms with Crippen molar-refractivity contribution in [2.24, 2.45) is 5.92 Å². The average molecular weight is 337 g/mol. The molecular formula is C14H16Cl3NO2. The van der Waals surface area contributed by atoms with Crippen LogP contribution in [0.15, 0.2) is 12.1 Å². The minimum Gasteiger partial charge on any atom is -0.381 e. The Morgan fingerprint density at radius 1 is 1.15 bits per heavy atom. The van der Waals surface area contributed by atoms with Crippen molar-refractivity contribution < 1.29 is 9.53 Å². The van der Waals surface area contributed by atoms with Crippen molar-refractivity contribution in [3.8, 4) is 0 Å². The van der Waals surface area contributed by atoms with Crippen LogP contribution in [0.1, 0.15) is 25.7 Å². The molecule has 3 nitrogen and oxygen atoms in total. The molecule has 0 atom stereocenters. The summed E-state index contributed by atoms with van der Waals surface area (Å²) in [5.41, 5.74) is 0.427. The van der Waals surface area contributed by atoms with E-state index in [1.165, 1.54) is 0 Å². The highest BCUT2D eigenvalue weighted by Crippen LogP contribution is 2.35. The SMILES string of the molecule is COC1CCC(C(=O)Nc2c(Cl)cc(Cl)cc2Cl)CC1. The maximum atomic E-state index is 12.2. The molecule has 110 valence electrons. The molecule has 0 bridgehead atoms. The van der Waals surface area contributed by atoms with Crippen molar-refractivity contribution in [2.45, 2.75) is 31.8 Å². The summed E-state index contributed by atoms with van der Waals surface area (Å²) in [6.45, 7) is 0. The number of carbonyl (C=O) groups excluding carboxylic acids is 1. The summed E-state index contributed by atoms with van der Waals surface area (Å²) in [7, 11) is 1.71. The van der Waals surface area contributed by atoms with Gasteiger partial charge in [-0.2, -0.15) is 0 Å². The predicted octanol–water partition coefficient (Wildman–Crippen LogP) is 4.79. The fourth-order valence-corrected chi connectivity index (χ4v) is 3.36. The number of nitrogens with one attached hydrogen (secondary N) is 1. The Bertz CT molecular complexity index is 476. The molecule has 0 aliphatic heterocycles. The minimum atomic E-state index is -0.0503. The largest absolute Gasteiger partial charge is 0.381 e. The second-order valence-corrected chi connectivity index (χ2v) is 6.19. The highest BCUT2D eigenvalue weighted by molar-refractivity contribution is 6.42. The van der Waals surface area contributed by atoms with Crippen LogP contribution in [0.5, 0.6) is 0 Å². The van der Waals surface area contributed by atoms with Gasteiger partial charge in [0.2, 0.25) is 5.91 Å². The summed E-state index contributed by atoms with van der Waals surface area (Å²) in [6.07, 6.45) is 3.69. The number of rotatable bonds is 3. The average Bonchev–Trinajstić information content (AvgIpc) is 2.42. The lowest BCUT2D eigenvalue weighted by molar-refractivity contribution is -0.121. The molecule has 2 rings (SSSR count). The lowest BCUT2D eigenvalue weighted by Gasteiger charge is -2.27. The molecular weight excluding hydrogens is 321 g/mol. The Morgan fingerprint density at radius 2 is 1.70 bits per heavy atom. The standard InChI is InChI=1S/C14H16Cl3NO2/c1-20-10-4-2-8(3-5-10)14(19)18-13-11(16)6-9(15)7-12(13)17/h6-8,10H,2-5H2,1H3,(H,18,19). The lowest BCUT2D eigenvalue weighted by atomic mass is 9.87. The van der Waals surface area contributed by atoms with Gasteiger partial charge in [-0.3, -0.25) is 4.79 Å². The summed E-state index contributed by atoms with van der Waals surface area (Å²) in [6, 6.07) is 3.12. The van der Waals surface area contributed by atoms with Crippen molar-refractivity contribution in [1.29, 1.82) is 0 Å². The van der Waals surface area contributed by atoms with E-state index in [0.29, 0.717) is 20.8 Å². The van der Waals surface area contributed by atoms with Gasteiger partial charge >= 0.3 is 0 Å². The zero-order valence-corrected chi connectivity index (χ0v) is 13.4. The number of anilines is 1. The molecule has 1 aliphatic rings. The van der Waals surface area contributed by atoms with Gasteiger partial charge in [-0.15, -0.1) is 0 Å². The molecule has 1 fully saturated rings. The molecule has 6 heteroatoms. The molecule has 20 heavy (non-hydrogen) atoms. The molecule has 1 aliphatic carbocycles. The summed E-state index contributed by atoms with van der Waals surface area (Å²) < 4.78 is 5.30. The van der Waals surface area contributed by atoms with Gasteiger partial charge < -0.3 is 10.1 Å². The number of hydrogen-bond acceptors (Lipinski definition) is 2. The quantitative estimate of drug-likeness (QED) is 0.861. The molecule has 0 heterocycles. The molecule has 0 saturated heterocycles. The Labute approximate surface area is 133 Å². The molecule has 1 aromatic carbocycles. The fraction of sp³-hybridized carbons (Fsp3) is 0.500. The Balaban J connectivity index is 2.02. The number of amides is 1. The van der Waals surface area contributed by atoms with Gasteiger partial charge in [-0.05, 0) is 37.8 Å². The van der Waals surface area contributed by atoms with Crippen LogP contribution in [-0.4, -0.2) is 19.1 Å². The van der Waals surface area contributed by atoms with Crippen molar-refractivity contribution in [3.63, 3.8) is 0 Å². The molecule has 1 N–H and O–H groups in total. The van der Waals surface area contributed by atoms with Crippen LogP contribution in [0, 0.1) is 5.92 Å². The van der Waals surface area contributed by atoms with E-state index in [-0.39, 0.29) is 17.9 Å². The van der Waals surface area contributed by atoms with Crippen molar-refractivity contribution >= 4 is 46.4 Å². The predicted molar refractivity (Wildman–Crippen MR) is 82.9 cm³/mol. The van der Waals surface area contributed by atoms with Gasteiger partial charge in [0.25, 0.3) is 0 Å². The van der Waals surface area contributed by atoms with Crippen LogP contribution >= 0.6 is 34.8 Å². The highest BCUT2D eigenvalue weighted by Gasteiger charge is 2.27. The van der Waals surface area contributed by atoms with Crippen LogP contribution < -0.4 is 5.32 Å². The molecule has 1 saturated carbocycles. The van der Waals surface area contributed by atoms with Crippen molar-refractivity contribution in [1.82, 2.24) is 0 Å². The smallest absolute Gasteiger partial charge is 0.227 e. The van der Waals surface area contributed by atoms with E-state index in [2.05, 4.69) is 5.32 Å². The number of benzene rings is 1. The first-order chi connectivity index (χ1) is 9.51. The fourth-order valence-electron chi connectivity index (χ4n) is 2.45. The van der Waals surface area contributed by atoms with Gasteiger partial charge in [0, 0.05) is 18.1 Å². The summed E-state index contributed by atoms with van der Waals surface area (Å²) in [5, 5.41) is 3.95. The molecule has 1 aromatic rings. The highest BCUT2D eigenvalue weighted by atomic mass is 35.5. The van der Waals surface area contributed by atoms with Gasteiger partial charge in [-0.25, -0.2) is 0 Å². The summed E-state index contributed by atoms with van der Waals surface area (Å²) in [4.78, 5) is 12.2. The van der Waals surface area contributed by atoms with Crippen molar-refractivity contribution in [3.05, 3.63) is 27.2 Å². The van der Waals surface area contributed by atoms with Gasteiger partial charge in [0.05, 0.1) is 21.8 Å². The maximum absolute atomic E-state index is 12.2. The monoisotopic (exact) mass is 335 g/mol. The molecule has 0 radical (unpaired) electrons. The van der Waals surface area contributed by atoms with Crippen LogP contribution in [0.4, 0.5) is 5.69 Å². The molecule has 0 spiro atoms. The Hall–Kier alpha value is -0.480. The maximum Gasteiger partial charge on any atom is 0.227 e. The molecule has 0 unspecified atom stereocenters. The zero-order valence-electron chi connectivity index (χ0n) is 11.1. The van der Waals surface area contributed by atoms with Crippen LogP contribution in [0.3, 0.4) is 0 Å². The lowest BCUT2D eigenvalue weighted by Crippen LogP contribution is -2.29. The van der Waals surface area contributed by atoms with E-state index in [9.17, 15) is 4.79 Å². The first-order valence-electron chi connectivity index (χ1n) is 6.49. The third kappa shape index (κ3) is 3.79. The second kappa shape index (κ2) is 6.99. The van der Waals surface area contributed by atoms with Crippen molar-refractivity contribution in [2.75, 3.05) is 12.4 Å². The zero-order chi connectivity index (χ0) is 14.7. The normalized spacial score (nSPS) is 22.6. The van der Waals surface area contributed by atoms with E-state index < -0.39 is 0 Å². The van der Waals surface area contributed by atoms with Gasteiger partial charge in [0.15, 0.2) is 0 Å². The third-order valence-electron chi connectivity index (χ3n) is 3.63.